The Kier molecular flexibility index (Phi) is 3.70. The van der Waals surface area contributed by atoms with E-state index in [0.29, 0.717) is 11.9 Å². The minimum absolute atomic E-state index is 0.0736. The Morgan fingerprint density at radius 3 is 2.73 bits per heavy atom. The molecule has 3 rings (SSSR count). The van der Waals surface area contributed by atoms with E-state index in [1.165, 1.54) is 23.4 Å². The van der Waals surface area contributed by atoms with E-state index < -0.39 is 0 Å². The number of anilines is 1. The van der Waals surface area contributed by atoms with Gasteiger partial charge in [-0.05, 0) is 30.2 Å². The van der Waals surface area contributed by atoms with Gasteiger partial charge in [-0.3, -0.25) is 15.1 Å². The number of pyridine rings is 1. The van der Waals surface area contributed by atoms with Crippen LogP contribution in [0.2, 0.25) is 0 Å². The van der Waals surface area contributed by atoms with E-state index in [-0.39, 0.29) is 10.6 Å². The predicted octanol–water partition coefficient (Wildman–Crippen LogP) is 4.06. The van der Waals surface area contributed by atoms with Crippen molar-refractivity contribution in [1.29, 1.82) is 0 Å². The first kappa shape index (κ1) is 14.0. The molecule has 0 bridgehead atoms. The molecule has 5 nitrogen and oxygen atoms in total. The first-order chi connectivity index (χ1) is 10.7. The molecule has 1 N–H and O–H groups in total. The molecular formula is C17H15N3O2. The molecule has 3 aromatic rings. The first-order valence-corrected chi connectivity index (χ1v) is 6.96. The smallest absolute Gasteiger partial charge is 0.278 e. The monoisotopic (exact) mass is 293 g/mol. The number of nitrogens with one attached hydrogen (secondary N) is 1. The molecule has 2 aromatic carbocycles. The van der Waals surface area contributed by atoms with Crippen LogP contribution in [0.4, 0.5) is 11.4 Å². The van der Waals surface area contributed by atoms with E-state index in [4.69, 9.17) is 0 Å². The van der Waals surface area contributed by atoms with Crippen LogP contribution in [-0.4, -0.2) is 9.91 Å². The highest BCUT2D eigenvalue weighted by molar-refractivity contribution is 5.99. The third kappa shape index (κ3) is 2.61. The van der Waals surface area contributed by atoms with E-state index >= 15 is 0 Å². The number of nitro groups is 1. The molecule has 5 heteroatoms. The average Bonchev–Trinajstić information content (AvgIpc) is 2.53. The van der Waals surface area contributed by atoms with Gasteiger partial charge in [0.2, 0.25) is 0 Å². The molecule has 22 heavy (non-hydrogen) atoms. The molecule has 0 aliphatic carbocycles. The highest BCUT2D eigenvalue weighted by Gasteiger charge is 2.14. The lowest BCUT2D eigenvalue weighted by molar-refractivity contribution is -0.383. The van der Waals surface area contributed by atoms with Crippen LogP contribution in [0.15, 0.2) is 54.9 Å². The molecule has 0 amide bonds. The SMILES string of the molecule is Cc1ccccc1CNc1ccc([N+](=O)[O-])c2cnccc12. The summed E-state index contributed by atoms with van der Waals surface area (Å²) in [5.74, 6) is 0. The van der Waals surface area contributed by atoms with E-state index in [1.807, 2.05) is 12.1 Å². The summed E-state index contributed by atoms with van der Waals surface area (Å²) in [5, 5.41) is 15.8. The molecule has 0 fully saturated rings. The Hall–Kier alpha value is -2.95. The van der Waals surface area contributed by atoms with Crippen LogP contribution in [0.25, 0.3) is 10.8 Å². The van der Waals surface area contributed by atoms with Gasteiger partial charge >= 0.3 is 0 Å². The normalized spacial score (nSPS) is 10.6. The standard InChI is InChI=1S/C17H15N3O2/c1-12-4-2-3-5-13(12)10-19-16-6-7-17(20(21)22)15-11-18-9-8-14(15)16/h2-9,11,19H,10H2,1H3. The number of nitro benzene ring substituents is 1. The van der Waals surface area contributed by atoms with Gasteiger partial charge in [-0.25, -0.2) is 0 Å². The fourth-order valence-corrected chi connectivity index (χ4v) is 2.49. The summed E-state index contributed by atoms with van der Waals surface area (Å²) in [4.78, 5) is 14.7. The molecule has 1 heterocycles. The number of hydrogen-bond donors (Lipinski definition) is 1. The Balaban J connectivity index is 1.97. The maximum absolute atomic E-state index is 11.1. The largest absolute Gasteiger partial charge is 0.380 e. The van der Waals surface area contributed by atoms with Crippen LogP contribution in [0.3, 0.4) is 0 Å². The first-order valence-electron chi connectivity index (χ1n) is 6.96. The zero-order chi connectivity index (χ0) is 15.5. The molecular weight excluding hydrogens is 278 g/mol. The molecule has 0 saturated carbocycles. The summed E-state index contributed by atoms with van der Waals surface area (Å²) in [6.45, 7) is 2.73. The number of aryl methyl sites for hydroxylation is 1. The topological polar surface area (TPSA) is 68.1 Å². The predicted molar refractivity (Wildman–Crippen MR) is 86.9 cm³/mol. The zero-order valence-electron chi connectivity index (χ0n) is 12.1. The number of hydrogen-bond acceptors (Lipinski definition) is 4. The van der Waals surface area contributed by atoms with E-state index in [9.17, 15) is 10.1 Å². The summed E-state index contributed by atoms with van der Waals surface area (Å²) in [7, 11) is 0. The lowest BCUT2D eigenvalue weighted by Crippen LogP contribution is -2.02. The highest BCUT2D eigenvalue weighted by atomic mass is 16.6. The fourth-order valence-electron chi connectivity index (χ4n) is 2.49. The Bertz CT molecular complexity index is 846. The van der Waals surface area contributed by atoms with Gasteiger partial charge in [0.1, 0.15) is 0 Å². The summed E-state index contributed by atoms with van der Waals surface area (Å²) >= 11 is 0. The van der Waals surface area contributed by atoms with Crippen LogP contribution < -0.4 is 5.32 Å². The number of fused-ring (bicyclic) bond motifs is 1. The van der Waals surface area contributed by atoms with Gasteiger partial charge in [-0.2, -0.15) is 0 Å². The van der Waals surface area contributed by atoms with Crippen molar-refractivity contribution in [2.24, 2.45) is 0 Å². The summed E-state index contributed by atoms with van der Waals surface area (Å²) in [5.41, 5.74) is 3.35. The number of benzene rings is 2. The van der Waals surface area contributed by atoms with E-state index in [2.05, 4.69) is 29.4 Å². The molecule has 0 aliphatic rings. The number of rotatable bonds is 4. The van der Waals surface area contributed by atoms with Gasteiger partial charge < -0.3 is 5.32 Å². The van der Waals surface area contributed by atoms with Gasteiger partial charge in [0, 0.05) is 36.1 Å². The maximum atomic E-state index is 11.1. The Morgan fingerprint density at radius 1 is 1.14 bits per heavy atom. The third-order valence-corrected chi connectivity index (χ3v) is 3.72. The molecule has 0 unspecified atom stereocenters. The van der Waals surface area contributed by atoms with Crippen molar-refractivity contribution in [2.45, 2.75) is 13.5 Å². The Morgan fingerprint density at radius 2 is 1.95 bits per heavy atom. The molecule has 0 spiro atoms. The summed E-state index contributed by atoms with van der Waals surface area (Å²) < 4.78 is 0. The number of non-ortho nitro benzene ring substituents is 1. The van der Waals surface area contributed by atoms with E-state index in [0.717, 1.165) is 11.1 Å². The van der Waals surface area contributed by atoms with E-state index in [1.54, 1.807) is 18.3 Å². The van der Waals surface area contributed by atoms with Crippen LogP contribution in [0, 0.1) is 17.0 Å². The lowest BCUT2D eigenvalue weighted by Gasteiger charge is -2.11. The zero-order valence-corrected chi connectivity index (χ0v) is 12.1. The molecule has 1 aromatic heterocycles. The average molecular weight is 293 g/mol. The summed E-state index contributed by atoms with van der Waals surface area (Å²) in [6, 6.07) is 13.2. The van der Waals surface area contributed by atoms with Crippen LogP contribution in [-0.2, 0) is 6.54 Å². The molecule has 110 valence electrons. The van der Waals surface area contributed by atoms with Gasteiger partial charge in [0.25, 0.3) is 5.69 Å². The van der Waals surface area contributed by atoms with Crippen LogP contribution in [0.5, 0.6) is 0 Å². The van der Waals surface area contributed by atoms with Crippen molar-refractivity contribution in [2.75, 3.05) is 5.32 Å². The van der Waals surface area contributed by atoms with Crippen LogP contribution >= 0.6 is 0 Å². The molecule has 0 atom stereocenters. The molecule has 0 radical (unpaired) electrons. The van der Waals surface area contributed by atoms with Gasteiger partial charge in [0.05, 0.1) is 10.3 Å². The van der Waals surface area contributed by atoms with Gasteiger partial charge in [-0.1, -0.05) is 24.3 Å². The maximum Gasteiger partial charge on any atom is 0.278 e. The lowest BCUT2D eigenvalue weighted by atomic mass is 10.1. The van der Waals surface area contributed by atoms with Crippen molar-refractivity contribution in [3.63, 3.8) is 0 Å². The quantitative estimate of drug-likeness (QED) is 0.581. The minimum atomic E-state index is -0.380. The number of aromatic nitrogens is 1. The second kappa shape index (κ2) is 5.81. The fraction of sp³-hybridized carbons (Fsp3) is 0.118. The van der Waals surface area contributed by atoms with Crippen molar-refractivity contribution < 1.29 is 4.92 Å². The van der Waals surface area contributed by atoms with Crippen molar-refractivity contribution in [3.8, 4) is 0 Å². The molecule has 0 saturated heterocycles. The molecule has 0 aliphatic heterocycles. The van der Waals surface area contributed by atoms with Gasteiger partial charge in [0.15, 0.2) is 0 Å². The van der Waals surface area contributed by atoms with Crippen molar-refractivity contribution >= 4 is 22.1 Å². The third-order valence-electron chi connectivity index (χ3n) is 3.72. The van der Waals surface area contributed by atoms with Crippen molar-refractivity contribution in [1.82, 2.24) is 4.98 Å². The van der Waals surface area contributed by atoms with Gasteiger partial charge in [-0.15, -0.1) is 0 Å². The van der Waals surface area contributed by atoms with Crippen LogP contribution in [0.1, 0.15) is 11.1 Å². The highest BCUT2D eigenvalue weighted by Crippen LogP contribution is 2.31. The summed E-state index contributed by atoms with van der Waals surface area (Å²) in [6.07, 6.45) is 3.18. The number of nitrogens with zero attached hydrogens (tertiary/aromatic N) is 2. The van der Waals surface area contributed by atoms with Crippen molar-refractivity contribution in [3.05, 3.63) is 76.1 Å². The minimum Gasteiger partial charge on any atom is -0.380 e. The Labute approximate surface area is 127 Å². The second-order valence-electron chi connectivity index (χ2n) is 5.09. The second-order valence-corrected chi connectivity index (χ2v) is 5.09.